The Balaban J connectivity index is 1.68. The minimum Gasteiger partial charge on any atom is -0.325 e. The first-order valence-electron chi connectivity index (χ1n) is 9.40. The van der Waals surface area contributed by atoms with Crippen LogP contribution in [0.5, 0.6) is 0 Å². The van der Waals surface area contributed by atoms with E-state index in [1.54, 1.807) is 24.3 Å². The summed E-state index contributed by atoms with van der Waals surface area (Å²) in [5.41, 5.74) is 1.89. The predicted octanol–water partition coefficient (Wildman–Crippen LogP) is 4.12. The first-order chi connectivity index (χ1) is 12.6. The highest BCUT2D eigenvalue weighted by atomic mass is 16.2. The Bertz CT molecular complexity index is 750. The lowest BCUT2D eigenvalue weighted by atomic mass is 10.0. The van der Waals surface area contributed by atoms with E-state index in [1.165, 1.54) is 12.8 Å². The summed E-state index contributed by atoms with van der Waals surface area (Å²) >= 11 is 0. The Morgan fingerprint density at radius 2 is 1.54 bits per heavy atom. The van der Waals surface area contributed by atoms with Crippen molar-refractivity contribution in [2.45, 2.75) is 38.6 Å². The molecule has 4 heteroatoms. The quantitative estimate of drug-likeness (QED) is 0.825. The van der Waals surface area contributed by atoms with Gasteiger partial charge in [-0.2, -0.15) is 0 Å². The zero-order valence-electron chi connectivity index (χ0n) is 15.3. The third-order valence-corrected chi connectivity index (χ3v) is 5.00. The fraction of sp³-hybridized carbons (Fsp3) is 0.364. The second-order valence-electron chi connectivity index (χ2n) is 6.89. The van der Waals surface area contributed by atoms with E-state index in [0.717, 1.165) is 25.9 Å². The zero-order valence-corrected chi connectivity index (χ0v) is 15.3. The number of rotatable bonds is 5. The van der Waals surface area contributed by atoms with Crippen LogP contribution in [0.3, 0.4) is 0 Å². The van der Waals surface area contributed by atoms with E-state index < -0.39 is 0 Å². The number of nitrogens with one attached hydrogen (secondary N) is 1. The number of carbonyl (C=O) groups excluding carboxylic acids is 2. The summed E-state index contributed by atoms with van der Waals surface area (Å²) in [4.78, 5) is 27.5. The SMILES string of the molecule is CC(C(=O)Nc1cccc(C(=O)c2ccccc2)c1)N1CCCCCC1. The summed E-state index contributed by atoms with van der Waals surface area (Å²) in [7, 11) is 0. The van der Waals surface area contributed by atoms with Crippen LogP contribution in [0.1, 0.15) is 48.5 Å². The van der Waals surface area contributed by atoms with Gasteiger partial charge < -0.3 is 5.32 Å². The molecule has 3 rings (SSSR count). The molecular weight excluding hydrogens is 324 g/mol. The Labute approximate surface area is 155 Å². The van der Waals surface area contributed by atoms with Gasteiger partial charge >= 0.3 is 0 Å². The third-order valence-electron chi connectivity index (χ3n) is 5.00. The van der Waals surface area contributed by atoms with Crippen LogP contribution in [0, 0.1) is 0 Å². The van der Waals surface area contributed by atoms with Gasteiger partial charge in [0.05, 0.1) is 6.04 Å². The Morgan fingerprint density at radius 1 is 0.885 bits per heavy atom. The second kappa shape index (κ2) is 8.77. The maximum Gasteiger partial charge on any atom is 0.241 e. The normalized spacial score (nSPS) is 16.5. The largest absolute Gasteiger partial charge is 0.325 e. The molecule has 0 radical (unpaired) electrons. The van der Waals surface area contributed by atoms with Crippen LogP contribution in [-0.2, 0) is 4.79 Å². The minimum atomic E-state index is -0.165. The zero-order chi connectivity index (χ0) is 18.4. The van der Waals surface area contributed by atoms with Gasteiger partial charge in [0.25, 0.3) is 0 Å². The highest BCUT2D eigenvalue weighted by Crippen LogP contribution is 2.17. The van der Waals surface area contributed by atoms with Gasteiger partial charge in [-0.25, -0.2) is 0 Å². The van der Waals surface area contributed by atoms with Crippen LogP contribution < -0.4 is 5.32 Å². The Hall–Kier alpha value is -2.46. The van der Waals surface area contributed by atoms with Crippen LogP contribution in [0.25, 0.3) is 0 Å². The number of benzene rings is 2. The molecule has 1 fully saturated rings. The van der Waals surface area contributed by atoms with Crippen LogP contribution >= 0.6 is 0 Å². The summed E-state index contributed by atoms with van der Waals surface area (Å²) in [5, 5.41) is 2.97. The molecule has 0 aliphatic carbocycles. The van der Waals surface area contributed by atoms with Crippen molar-refractivity contribution in [3.05, 3.63) is 65.7 Å². The maximum absolute atomic E-state index is 12.6. The first-order valence-corrected chi connectivity index (χ1v) is 9.40. The summed E-state index contributed by atoms with van der Waals surface area (Å²) < 4.78 is 0. The number of ketones is 1. The highest BCUT2D eigenvalue weighted by molar-refractivity contribution is 6.09. The Morgan fingerprint density at radius 3 is 2.23 bits per heavy atom. The number of hydrogen-bond donors (Lipinski definition) is 1. The lowest BCUT2D eigenvalue weighted by Gasteiger charge is -2.26. The van der Waals surface area contributed by atoms with Crippen molar-refractivity contribution < 1.29 is 9.59 Å². The van der Waals surface area contributed by atoms with Crippen LogP contribution in [-0.4, -0.2) is 35.7 Å². The van der Waals surface area contributed by atoms with Crippen LogP contribution in [0.2, 0.25) is 0 Å². The summed E-state index contributed by atoms with van der Waals surface area (Å²) in [6.07, 6.45) is 4.79. The molecule has 1 unspecified atom stereocenters. The van der Waals surface area contributed by atoms with Gasteiger partial charge in [-0.3, -0.25) is 14.5 Å². The molecule has 4 nitrogen and oxygen atoms in total. The molecule has 1 heterocycles. The number of likely N-dealkylation sites (tertiary alicyclic amines) is 1. The van der Waals surface area contributed by atoms with E-state index in [1.807, 2.05) is 37.3 Å². The van der Waals surface area contributed by atoms with Gasteiger partial charge in [0, 0.05) is 16.8 Å². The second-order valence-corrected chi connectivity index (χ2v) is 6.89. The van der Waals surface area contributed by atoms with Crippen LogP contribution in [0.4, 0.5) is 5.69 Å². The molecule has 1 saturated heterocycles. The van der Waals surface area contributed by atoms with Crippen molar-refractivity contribution in [3.8, 4) is 0 Å². The number of amides is 1. The van der Waals surface area contributed by atoms with E-state index in [-0.39, 0.29) is 17.7 Å². The molecule has 0 aromatic heterocycles. The van der Waals surface area contributed by atoms with Crippen molar-refractivity contribution >= 4 is 17.4 Å². The molecule has 2 aromatic carbocycles. The average Bonchev–Trinajstić information content (AvgIpc) is 2.97. The molecular formula is C22H26N2O2. The molecule has 0 saturated carbocycles. The van der Waals surface area contributed by atoms with Crippen LogP contribution in [0.15, 0.2) is 54.6 Å². The number of anilines is 1. The average molecular weight is 350 g/mol. The predicted molar refractivity (Wildman–Crippen MR) is 104 cm³/mol. The molecule has 0 bridgehead atoms. The molecule has 1 aliphatic rings. The minimum absolute atomic E-state index is 0.0174. The van der Waals surface area contributed by atoms with Crippen molar-refractivity contribution in [1.29, 1.82) is 0 Å². The fourth-order valence-corrected chi connectivity index (χ4v) is 3.39. The standard InChI is InChI=1S/C22H26N2O2/c1-17(24-14-7-2-3-8-15-24)22(26)23-20-13-9-12-19(16-20)21(25)18-10-5-4-6-11-18/h4-6,9-13,16-17H,2-3,7-8,14-15H2,1H3,(H,23,26). The molecule has 1 aliphatic heterocycles. The lowest BCUT2D eigenvalue weighted by Crippen LogP contribution is -2.42. The monoisotopic (exact) mass is 350 g/mol. The first kappa shape index (κ1) is 18.3. The van der Waals surface area contributed by atoms with Crippen molar-refractivity contribution in [2.75, 3.05) is 18.4 Å². The van der Waals surface area contributed by atoms with Gasteiger partial charge in [0.2, 0.25) is 5.91 Å². The van der Waals surface area contributed by atoms with Gasteiger partial charge in [-0.05, 0) is 45.0 Å². The van der Waals surface area contributed by atoms with Crippen molar-refractivity contribution in [1.82, 2.24) is 4.90 Å². The van der Waals surface area contributed by atoms with Gasteiger partial charge in [-0.15, -0.1) is 0 Å². The molecule has 0 spiro atoms. The number of carbonyl (C=O) groups is 2. The fourth-order valence-electron chi connectivity index (χ4n) is 3.39. The van der Waals surface area contributed by atoms with Gasteiger partial charge in [0.1, 0.15) is 0 Å². The molecule has 1 N–H and O–H groups in total. The maximum atomic E-state index is 12.6. The smallest absolute Gasteiger partial charge is 0.241 e. The summed E-state index contributed by atoms with van der Waals surface area (Å²) in [5.74, 6) is -0.0570. The van der Waals surface area contributed by atoms with Crippen molar-refractivity contribution in [2.24, 2.45) is 0 Å². The molecule has 136 valence electrons. The molecule has 2 aromatic rings. The van der Waals surface area contributed by atoms with E-state index >= 15 is 0 Å². The van der Waals surface area contributed by atoms with E-state index in [2.05, 4.69) is 10.2 Å². The highest BCUT2D eigenvalue weighted by Gasteiger charge is 2.22. The topological polar surface area (TPSA) is 49.4 Å². The van der Waals surface area contributed by atoms with E-state index in [9.17, 15) is 9.59 Å². The molecule has 1 amide bonds. The summed E-state index contributed by atoms with van der Waals surface area (Å²) in [6, 6.07) is 16.2. The van der Waals surface area contributed by atoms with Gasteiger partial charge in [-0.1, -0.05) is 55.3 Å². The number of nitrogens with zero attached hydrogens (tertiary/aromatic N) is 1. The van der Waals surface area contributed by atoms with E-state index in [0.29, 0.717) is 16.8 Å². The van der Waals surface area contributed by atoms with E-state index in [4.69, 9.17) is 0 Å². The number of hydrogen-bond acceptors (Lipinski definition) is 3. The summed E-state index contributed by atoms with van der Waals surface area (Å²) in [6.45, 7) is 3.90. The van der Waals surface area contributed by atoms with Gasteiger partial charge in [0.15, 0.2) is 5.78 Å². The molecule has 26 heavy (non-hydrogen) atoms. The third kappa shape index (κ3) is 4.58. The Kier molecular flexibility index (Phi) is 6.18. The van der Waals surface area contributed by atoms with Crippen molar-refractivity contribution in [3.63, 3.8) is 0 Å². The molecule has 1 atom stereocenters. The lowest BCUT2D eigenvalue weighted by molar-refractivity contribution is -0.120.